The summed E-state index contributed by atoms with van der Waals surface area (Å²) in [6.45, 7) is 1.47. The smallest absolute Gasteiger partial charge is 0.130 e. The number of anilines is 1. The summed E-state index contributed by atoms with van der Waals surface area (Å²) in [5.41, 5.74) is 2.73. The first kappa shape index (κ1) is 18.7. The quantitative estimate of drug-likeness (QED) is 0.570. The first-order valence-electron chi connectivity index (χ1n) is 9.07. The summed E-state index contributed by atoms with van der Waals surface area (Å²) in [7, 11) is 1.63. The Labute approximate surface area is 167 Å². The van der Waals surface area contributed by atoms with Crippen LogP contribution in [0.1, 0.15) is 22.8 Å². The first-order chi connectivity index (χ1) is 13.6. The third-order valence-corrected chi connectivity index (χ3v) is 6.20. The Morgan fingerprint density at radius 2 is 2.07 bits per heavy atom. The minimum absolute atomic E-state index is 0.106. The number of nitrogens with zero attached hydrogens (tertiary/aromatic N) is 2. The SMILES string of the molecule is COc1ccc2c(c1)SC(c1ccc(F)cc1F)CCN2Cc1cccnc1. The molecule has 0 fully saturated rings. The van der Waals surface area contributed by atoms with Crippen molar-refractivity contribution in [3.05, 3.63) is 83.7 Å². The summed E-state index contributed by atoms with van der Waals surface area (Å²) in [4.78, 5) is 7.50. The van der Waals surface area contributed by atoms with E-state index in [-0.39, 0.29) is 5.25 Å². The van der Waals surface area contributed by atoms with Crippen LogP contribution in [0.5, 0.6) is 5.75 Å². The fourth-order valence-electron chi connectivity index (χ4n) is 3.44. The van der Waals surface area contributed by atoms with Gasteiger partial charge in [0.05, 0.1) is 12.8 Å². The van der Waals surface area contributed by atoms with Gasteiger partial charge in [-0.25, -0.2) is 8.78 Å². The van der Waals surface area contributed by atoms with E-state index in [2.05, 4.69) is 9.88 Å². The van der Waals surface area contributed by atoms with Gasteiger partial charge < -0.3 is 9.64 Å². The minimum Gasteiger partial charge on any atom is -0.497 e. The molecule has 3 nitrogen and oxygen atoms in total. The van der Waals surface area contributed by atoms with Crippen LogP contribution < -0.4 is 9.64 Å². The molecule has 1 atom stereocenters. The molecule has 0 saturated carbocycles. The molecule has 2 heterocycles. The van der Waals surface area contributed by atoms with E-state index in [1.165, 1.54) is 6.07 Å². The van der Waals surface area contributed by atoms with E-state index >= 15 is 0 Å². The second-order valence-corrected chi connectivity index (χ2v) is 7.92. The Balaban J connectivity index is 1.70. The van der Waals surface area contributed by atoms with E-state index in [0.29, 0.717) is 12.1 Å². The lowest BCUT2D eigenvalue weighted by molar-refractivity contribution is 0.413. The number of ether oxygens (including phenoxy) is 1. The van der Waals surface area contributed by atoms with Crippen molar-refractivity contribution in [1.29, 1.82) is 0 Å². The Bertz CT molecular complexity index is 968. The zero-order valence-electron chi connectivity index (χ0n) is 15.4. The highest BCUT2D eigenvalue weighted by molar-refractivity contribution is 7.99. The number of aromatic nitrogens is 1. The molecule has 2 aromatic carbocycles. The van der Waals surface area contributed by atoms with Gasteiger partial charge in [-0.3, -0.25) is 4.98 Å². The highest BCUT2D eigenvalue weighted by Gasteiger charge is 2.26. The van der Waals surface area contributed by atoms with Crippen molar-refractivity contribution in [3.8, 4) is 5.75 Å². The molecule has 6 heteroatoms. The molecule has 28 heavy (non-hydrogen) atoms. The fraction of sp³-hybridized carbons (Fsp3) is 0.227. The molecule has 1 unspecified atom stereocenters. The molecule has 0 saturated heterocycles. The van der Waals surface area contributed by atoms with Gasteiger partial charge >= 0.3 is 0 Å². The number of halogens is 2. The third kappa shape index (κ3) is 3.97. The molecule has 144 valence electrons. The second-order valence-electron chi connectivity index (χ2n) is 6.68. The van der Waals surface area contributed by atoms with Crippen molar-refractivity contribution in [1.82, 2.24) is 4.98 Å². The molecule has 1 aliphatic rings. The van der Waals surface area contributed by atoms with Crippen LogP contribution in [0, 0.1) is 11.6 Å². The predicted octanol–water partition coefficient (Wildman–Crippen LogP) is 5.61. The maximum Gasteiger partial charge on any atom is 0.130 e. The Kier molecular flexibility index (Phi) is 5.48. The maximum atomic E-state index is 14.4. The number of benzene rings is 2. The molecule has 3 aromatic rings. The van der Waals surface area contributed by atoms with Crippen molar-refractivity contribution >= 4 is 17.4 Å². The molecule has 0 aliphatic carbocycles. The fourth-order valence-corrected chi connectivity index (χ4v) is 4.79. The number of hydrogen-bond acceptors (Lipinski definition) is 4. The van der Waals surface area contributed by atoms with Crippen molar-refractivity contribution in [3.63, 3.8) is 0 Å². The molecule has 0 spiro atoms. The van der Waals surface area contributed by atoms with Gasteiger partial charge in [-0.2, -0.15) is 0 Å². The summed E-state index contributed by atoms with van der Waals surface area (Å²) in [5, 5.41) is -0.106. The van der Waals surface area contributed by atoms with Gasteiger partial charge in [-0.1, -0.05) is 12.1 Å². The highest BCUT2D eigenvalue weighted by Crippen LogP contribution is 2.47. The standard InChI is InChI=1S/C22H20F2N2OS/c1-27-17-5-7-20-22(12-17)28-21(18-6-4-16(23)11-19(18)24)8-10-26(20)14-15-3-2-9-25-13-15/h2-7,9,11-13,21H,8,10,14H2,1H3. The number of pyridine rings is 1. The summed E-state index contributed by atoms with van der Waals surface area (Å²) in [6.07, 6.45) is 4.36. The van der Waals surface area contributed by atoms with E-state index in [1.807, 2.05) is 36.5 Å². The monoisotopic (exact) mass is 398 g/mol. The number of thioether (sulfide) groups is 1. The van der Waals surface area contributed by atoms with E-state index in [0.717, 1.165) is 40.9 Å². The summed E-state index contributed by atoms with van der Waals surface area (Å²) >= 11 is 1.60. The van der Waals surface area contributed by atoms with Crippen LogP contribution in [0.15, 0.2) is 65.8 Å². The average Bonchev–Trinajstić information content (AvgIpc) is 2.88. The van der Waals surface area contributed by atoms with Gasteiger partial charge in [0, 0.05) is 47.3 Å². The van der Waals surface area contributed by atoms with Crippen LogP contribution in [0.4, 0.5) is 14.5 Å². The van der Waals surface area contributed by atoms with Gasteiger partial charge in [0.2, 0.25) is 0 Å². The molecule has 0 N–H and O–H groups in total. The van der Waals surface area contributed by atoms with Crippen LogP contribution in [0.2, 0.25) is 0 Å². The lowest BCUT2D eigenvalue weighted by atomic mass is 10.1. The van der Waals surface area contributed by atoms with E-state index < -0.39 is 11.6 Å². The van der Waals surface area contributed by atoms with Crippen LogP contribution in [-0.4, -0.2) is 18.6 Å². The van der Waals surface area contributed by atoms with Gasteiger partial charge in [0.15, 0.2) is 0 Å². The van der Waals surface area contributed by atoms with Crippen molar-refractivity contribution in [2.75, 3.05) is 18.6 Å². The van der Waals surface area contributed by atoms with Gasteiger partial charge in [-0.05, 0) is 42.3 Å². The molecule has 0 bridgehead atoms. The van der Waals surface area contributed by atoms with Crippen LogP contribution in [0.3, 0.4) is 0 Å². The predicted molar refractivity (Wildman–Crippen MR) is 108 cm³/mol. The topological polar surface area (TPSA) is 25.4 Å². The summed E-state index contributed by atoms with van der Waals surface area (Å²) in [6, 6.07) is 13.8. The average molecular weight is 398 g/mol. The lowest BCUT2D eigenvalue weighted by Crippen LogP contribution is -2.24. The molecule has 1 aliphatic heterocycles. The number of rotatable bonds is 4. The Hall–Kier alpha value is -2.60. The zero-order valence-corrected chi connectivity index (χ0v) is 16.3. The van der Waals surface area contributed by atoms with Gasteiger partial charge in [0.1, 0.15) is 17.4 Å². The molecular weight excluding hydrogens is 378 g/mol. The van der Waals surface area contributed by atoms with Crippen LogP contribution in [0.25, 0.3) is 0 Å². The Morgan fingerprint density at radius 1 is 1.18 bits per heavy atom. The molecule has 0 radical (unpaired) electrons. The number of hydrogen-bond donors (Lipinski definition) is 0. The third-order valence-electron chi connectivity index (χ3n) is 4.84. The van der Waals surface area contributed by atoms with Crippen LogP contribution >= 0.6 is 11.8 Å². The van der Waals surface area contributed by atoms with Crippen molar-refractivity contribution in [2.24, 2.45) is 0 Å². The molecule has 1 aromatic heterocycles. The normalized spacial score (nSPS) is 16.4. The van der Waals surface area contributed by atoms with E-state index in [4.69, 9.17) is 4.74 Å². The molecule has 4 rings (SSSR count). The van der Waals surface area contributed by atoms with E-state index in [1.54, 1.807) is 31.1 Å². The van der Waals surface area contributed by atoms with E-state index in [9.17, 15) is 8.78 Å². The highest BCUT2D eigenvalue weighted by atomic mass is 32.2. The first-order valence-corrected chi connectivity index (χ1v) is 9.95. The summed E-state index contributed by atoms with van der Waals surface area (Å²) < 4.78 is 33.2. The Morgan fingerprint density at radius 3 is 2.82 bits per heavy atom. The van der Waals surface area contributed by atoms with Gasteiger partial charge in [0.25, 0.3) is 0 Å². The molecular formula is C22H20F2N2OS. The maximum absolute atomic E-state index is 14.4. The summed E-state index contributed by atoms with van der Waals surface area (Å²) in [5.74, 6) is -0.296. The zero-order chi connectivity index (χ0) is 19.5. The minimum atomic E-state index is -0.555. The number of methoxy groups -OCH3 is 1. The lowest BCUT2D eigenvalue weighted by Gasteiger charge is -2.25. The largest absolute Gasteiger partial charge is 0.497 e. The second kappa shape index (κ2) is 8.19. The van der Waals surface area contributed by atoms with Crippen molar-refractivity contribution < 1.29 is 13.5 Å². The van der Waals surface area contributed by atoms with Crippen molar-refractivity contribution in [2.45, 2.75) is 23.1 Å². The van der Waals surface area contributed by atoms with Gasteiger partial charge in [-0.15, -0.1) is 11.8 Å². The van der Waals surface area contributed by atoms with Crippen LogP contribution in [-0.2, 0) is 6.54 Å². The molecule has 0 amide bonds. The number of fused-ring (bicyclic) bond motifs is 1.